The van der Waals surface area contributed by atoms with Crippen LogP contribution in [-0.4, -0.2) is 11.5 Å². The van der Waals surface area contributed by atoms with Crippen molar-refractivity contribution in [2.75, 3.05) is 6.54 Å². The first-order valence-corrected chi connectivity index (χ1v) is 3.42. The van der Waals surface area contributed by atoms with Gasteiger partial charge in [-0.25, -0.2) is 0 Å². The molecule has 0 aliphatic rings. The summed E-state index contributed by atoms with van der Waals surface area (Å²) >= 11 is 0. The molecular weight excluding hydrogens is 164 g/mol. The van der Waals surface area contributed by atoms with E-state index in [1.165, 1.54) is 6.07 Å². The van der Waals surface area contributed by atoms with Crippen molar-refractivity contribution in [2.45, 2.75) is 6.04 Å². The molecule has 0 unspecified atom stereocenters. The van der Waals surface area contributed by atoms with E-state index < -0.39 is 17.9 Å². The van der Waals surface area contributed by atoms with Gasteiger partial charge in [0.2, 0.25) is 11.9 Å². The fourth-order valence-corrected chi connectivity index (χ4v) is 0.826. The van der Waals surface area contributed by atoms with Crippen LogP contribution in [0.15, 0.2) is 12.1 Å². The molecule has 1 atom stereocenters. The predicted molar refractivity (Wildman–Crippen MR) is 40.1 cm³/mol. The molecule has 66 valence electrons. The zero-order chi connectivity index (χ0) is 9.14. The first-order chi connectivity index (χ1) is 5.65. The molecule has 0 saturated carbocycles. The van der Waals surface area contributed by atoms with Crippen molar-refractivity contribution in [3.63, 3.8) is 0 Å². The van der Waals surface area contributed by atoms with Crippen LogP contribution in [0.3, 0.4) is 0 Å². The van der Waals surface area contributed by atoms with Gasteiger partial charge in [0.05, 0.1) is 0 Å². The third kappa shape index (κ3) is 1.75. The van der Waals surface area contributed by atoms with E-state index in [-0.39, 0.29) is 12.1 Å². The van der Waals surface area contributed by atoms with Gasteiger partial charge in [0, 0.05) is 18.2 Å². The minimum absolute atomic E-state index is 0.101. The Morgan fingerprint density at radius 2 is 2.08 bits per heavy atom. The topological polar surface area (TPSA) is 64.9 Å². The SMILES string of the molecule is NC[C@H](N)c1ccc(F)nc1F. The summed E-state index contributed by atoms with van der Waals surface area (Å²) < 4.78 is 25.1. The second kappa shape index (κ2) is 3.55. The molecule has 0 amide bonds. The number of hydrogen-bond donors (Lipinski definition) is 2. The zero-order valence-electron chi connectivity index (χ0n) is 6.30. The van der Waals surface area contributed by atoms with E-state index in [4.69, 9.17) is 11.5 Å². The van der Waals surface area contributed by atoms with Crippen LogP contribution >= 0.6 is 0 Å². The quantitative estimate of drug-likeness (QED) is 0.633. The molecule has 0 aliphatic heterocycles. The highest BCUT2D eigenvalue weighted by Crippen LogP contribution is 2.11. The highest BCUT2D eigenvalue weighted by molar-refractivity contribution is 5.15. The van der Waals surface area contributed by atoms with E-state index in [9.17, 15) is 8.78 Å². The lowest BCUT2D eigenvalue weighted by Gasteiger charge is -2.08. The van der Waals surface area contributed by atoms with Crippen LogP contribution in [0.25, 0.3) is 0 Å². The Morgan fingerprint density at radius 1 is 1.42 bits per heavy atom. The minimum Gasteiger partial charge on any atom is -0.329 e. The molecule has 1 heterocycles. The summed E-state index contributed by atoms with van der Waals surface area (Å²) in [5.41, 5.74) is 10.8. The van der Waals surface area contributed by atoms with Crippen molar-refractivity contribution in [3.8, 4) is 0 Å². The van der Waals surface area contributed by atoms with Crippen molar-refractivity contribution in [2.24, 2.45) is 11.5 Å². The molecule has 12 heavy (non-hydrogen) atoms. The zero-order valence-corrected chi connectivity index (χ0v) is 6.30. The molecular formula is C7H9F2N3. The van der Waals surface area contributed by atoms with Crippen molar-refractivity contribution < 1.29 is 8.78 Å². The number of pyridine rings is 1. The summed E-state index contributed by atoms with van der Waals surface area (Å²) in [6, 6.07) is 1.67. The normalized spacial score (nSPS) is 13.0. The molecule has 0 bridgehead atoms. The Bertz CT molecular complexity index is 277. The maximum atomic E-state index is 12.8. The van der Waals surface area contributed by atoms with Crippen molar-refractivity contribution >= 4 is 0 Å². The van der Waals surface area contributed by atoms with Gasteiger partial charge in [0.15, 0.2) is 0 Å². The molecule has 1 aromatic heterocycles. The third-order valence-corrected chi connectivity index (χ3v) is 1.50. The molecule has 0 aromatic carbocycles. The lowest BCUT2D eigenvalue weighted by atomic mass is 10.1. The van der Waals surface area contributed by atoms with Gasteiger partial charge in [-0.1, -0.05) is 0 Å². The largest absolute Gasteiger partial charge is 0.329 e. The highest BCUT2D eigenvalue weighted by Gasteiger charge is 2.11. The Hall–Kier alpha value is -1.07. The Kier molecular flexibility index (Phi) is 2.67. The van der Waals surface area contributed by atoms with Gasteiger partial charge >= 0.3 is 0 Å². The van der Waals surface area contributed by atoms with Crippen LogP contribution in [0.4, 0.5) is 8.78 Å². The maximum absolute atomic E-state index is 12.8. The van der Waals surface area contributed by atoms with Crippen molar-refractivity contribution in [1.82, 2.24) is 4.98 Å². The molecule has 4 N–H and O–H groups in total. The van der Waals surface area contributed by atoms with Gasteiger partial charge in [-0.3, -0.25) is 0 Å². The fourth-order valence-electron chi connectivity index (χ4n) is 0.826. The summed E-state index contributed by atoms with van der Waals surface area (Å²) in [5, 5.41) is 0. The third-order valence-electron chi connectivity index (χ3n) is 1.50. The maximum Gasteiger partial charge on any atom is 0.220 e. The minimum atomic E-state index is -0.895. The number of nitrogens with zero attached hydrogens (tertiary/aromatic N) is 1. The smallest absolute Gasteiger partial charge is 0.220 e. The van der Waals surface area contributed by atoms with E-state index in [1.54, 1.807) is 0 Å². The molecule has 0 fully saturated rings. The standard InChI is InChI=1S/C7H9F2N3/c8-6-2-1-4(5(11)3-10)7(9)12-6/h1-2,5H,3,10-11H2/t5-/m0/s1. The average molecular weight is 173 g/mol. The van der Waals surface area contributed by atoms with Gasteiger partial charge in [0.1, 0.15) is 0 Å². The lowest BCUT2D eigenvalue weighted by molar-refractivity contribution is 0.492. The van der Waals surface area contributed by atoms with Gasteiger partial charge in [-0.15, -0.1) is 0 Å². The first kappa shape index (κ1) is 9.02. The number of aromatic nitrogens is 1. The molecule has 0 spiro atoms. The highest BCUT2D eigenvalue weighted by atomic mass is 19.1. The molecule has 5 heteroatoms. The van der Waals surface area contributed by atoms with Gasteiger partial charge in [-0.05, 0) is 12.1 Å². The summed E-state index contributed by atoms with van der Waals surface area (Å²) in [7, 11) is 0. The predicted octanol–water partition coefficient (Wildman–Crippen LogP) is 0.318. The first-order valence-electron chi connectivity index (χ1n) is 3.42. The molecule has 0 saturated heterocycles. The second-order valence-corrected chi connectivity index (χ2v) is 2.36. The summed E-state index contributed by atoms with van der Waals surface area (Å²) in [6.45, 7) is 0.101. The fraction of sp³-hybridized carbons (Fsp3) is 0.286. The number of halogens is 2. The Morgan fingerprint density at radius 3 is 2.58 bits per heavy atom. The Labute approximate surface area is 68.4 Å². The average Bonchev–Trinajstić information content (AvgIpc) is 2.03. The van der Waals surface area contributed by atoms with Crippen LogP contribution in [0.5, 0.6) is 0 Å². The Balaban J connectivity index is 3.01. The number of hydrogen-bond acceptors (Lipinski definition) is 3. The van der Waals surface area contributed by atoms with Gasteiger partial charge < -0.3 is 11.5 Å². The monoisotopic (exact) mass is 173 g/mol. The molecule has 1 rings (SSSR count). The van der Waals surface area contributed by atoms with Crippen molar-refractivity contribution in [1.29, 1.82) is 0 Å². The summed E-state index contributed by atoms with van der Waals surface area (Å²) in [6.07, 6.45) is 0. The van der Waals surface area contributed by atoms with E-state index in [1.807, 2.05) is 0 Å². The molecule has 0 aliphatic carbocycles. The van der Waals surface area contributed by atoms with E-state index in [2.05, 4.69) is 4.98 Å². The van der Waals surface area contributed by atoms with Crippen LogP contribution in [0.2, 0.25) is 0 Å². The van der Waals surface area contributed by atoms with E-state index in [0.717, 1.165) is 6.07 Å². The molecule has 0 radical (unpaired) electrons. The molecule has 3 nitrogen and oxygen atoms in total. The van der Waals surface area contributed by atoms with Crippen molar-refractivity contribution in [3.05, 3.63) is 29.6 Å². The van der Waals surface area contributed by atoms with Gasteiger partial charge in [0.25, 0.3) is 0 Å². The van der Waals surface area contributed by atoms with Crippen LogP contribution in [0, 0.1) is 11.9 Å². The van der Waals surface area contributed by atoms with Crippen LogP contribution in [0.1, 0.15) is 11.6 Å². The molecule has 1 aromatic rings. The number of nitrogens with two attached hydrogens (primary N) is 2. The second-order valence-electron chi connectivity index (χ2n) is 2.36. The lowest BCUT2D eigenvalue weighted by Crippen LogP contribution is -2.22. The van der Waals surface area contributed by atoms with Crippen LogP contribution in [-0.2, 0) is 0 Å². The summed E-state index contributed by atoms with van der Waals surface area (Å²) in [5.74, 6) is -1.76. The van der Waals surface area contributed by atoms with Crippen LogP contribution < -0.4 is 11.5 Å². The van der Waals surface area contributed by atoms with E-state index in [0.29, 0.717) is 0 Å². The van der Waals surface area contributed by atoms with E-state index >= 15 is 0 Å². The summed E-state index contributed by atoms with van der Waals surface area (Å²) in [4.78, 5) is 2.97. The van der Waals surface area contributed by atoms with Gasteiger partial charge in [-0.2, -0.15) is 13.8 Å². The number of rotatable bonds is 2.